The third-order valence-electron chi connectivity index (χ3n) is 4.99. The fourth-order valence-electron chi connectivity index (χ4n) is 3.80. The van der Waals surface area contributed by atoms with Gasteiger partial charge in [-0.3, -0.25) is 0 Å². The first-order valence-electron chi connectivity index (χ1n) is 8.15. The summed E-state index contributed by atoms with van der Waals surface area (Å²) in [5, 5.41) is 1.81. The molecule has 2 aliphatic rings. The first-order valence-corrected chi connectivity index (χ1v) is 10.5. The van der Waals surface area contributed by atoms with Gasteiger partial charge in [-0.2, -0.15) is 4.31 Å². The second-order valence-corrected chi connectivity index (χ2v) is 9.71. The zero-order chi connectivity index (χ0) is 16.6. The molecule has 24 heavy (non-hydrogen) atoms. The van der Waals surface area contributed by atoms with Crippen molar-refractivity contribution in [2.24, 2.45) is 5.41 Å². The van der Waals surface area contributed by atoms with Gasteiger partial charge in [-0.05, 0) is 36.8 Å². The van der Waals surface area contributed by atoms with Crippen molar-refractivity contribution < 1.29 is 8.42 Å². The Hall–Kier alpha value is -1.51. The zero-order valence-electron chi connectivity index (χ0n) is 13.3. The molecule has 128 valence electrons. The molecule has 0 saturated carbocycles. The van der Waals surface area contributed by atoms with Crippen molar-refractivity contribution >= 4 is 27.3 Å². The van der Waals surface area contributed by atoms with Crippen LogP contribution >= 0.6 is 11.3 Å². The Morgan fingerprint density at radius 2 is 1.92 bits per heavy atom. The summed E-state index contributed by atoms with van der Waals surface area (Å²) in [5.74, 6) is 0.746. The number of hydrogen-bond acceptors (Lipinski definition) is 6. The monoisotopic (exact) mass is 364 g/mol. The molecule has 0 aromatic carbocycles. The molecule has 6 nitrogen and oxygen atoms in total. The lowest BCUT2D eigenvalue weighted by atomic mass is 9.79. The Morgan fingerprint density at radius 3 is 2.67 bits per heavy atom. The molecule has 0 amide bonds. The van der Waals surface area contributed by atoms with Gasteiger partial charge in [-0.1, -0.05) is 6.07 Å². The summed E-state index contributed by atoms with van der Waals surface area (Å²) in [5.41, 5.74) is 0.0157. The average Bonchev–Trinajstić information content (AvgIpc) is 3.27. The predicted molar refractivity (Wildman–Crippen MR) is 93.6 cm³/mol. The molecule has 2 aliphatic heterocycles. The molecule has 0 radical (unpaired) electrons. The largest absolute Gasteiger partial charge is 0.340 e. The number of sulfonamides is 1. The normalized spacial score (nSPS) is 25.4. The Balaban J connectivity index is 1.53. The zero-order valence-corrected chi connectivity index (χ0v) is 15.0. The van der Waals surface area contributed by atoms with E-state index in [9.17, 15) is 8.42 Å². The predicted octanol–water partition coefficient (Wildman–Crippen LogP) is 2.22. The van der Waals surface area contributed by atoms with Crippen LogP contribution < -0.4 is 4.90 Å². The summed E-state index contributed by atoms with van der Waals surface area (Å²) in [6, 6.07) is 5.29. The molecule has 4 heterocycles. The second-order valence-electron chi connectivity index (χ2n) is 6.59. The maximum absolute atomic E-state index is 12.8. The average molecular weight is 364 g/mol. The quantitative estimate of drug-likeness (QED) is 0.835. The Bertz CT molecular complexity index is 795. The number of anilines is 1. The molecule has 0 aliphatic carbocycles. The van der Waals surface area contributed by atoms with Crippen LogP contribution in [0, 0.1) is 5.41 Å². The summed E-state index contributed by atoms with van der Waals surface area (Å²) >= 11 is 1.29. The van der Waals surface area contributed by atoms with Crippen molar-refractivity contribution in [3.05, 3.63) is 36.0 Å². The highest BCUT2D eigenvalue weighted by Crippen LogP contribution is 2.41. The topological polar surface area (TPSA) is 66.4 Å². The van der Waals surface area contributed by atoms with E-state index in [1.807, 2.05) is 11.4 Å². The van der Waals surface area contributed by atoms with Gasteiger partial charge < -0.3 is 4.90 Å². The van der Waals surface area contributed by atoms with Crippen molar-refractivity contribution in [2.75, 3.05) is 31.1 Å². The highest BCUT2D eigenvalue weighted by atomic mass is 32.2. The van der Waals surface area contributed by atoms with Crippen molar-refractivity contribution in [3.8, 4) is 0 Å². The lowest BCUT2D eigenvalue weighted by molar-refractivity contribution is 0.246. The van der Waals surface area contributed by atoms with Gasteiger partial charge in [0.1, 0.15) is 4.21 Å². The molecule has 1 atom stereocenters. The van der Waals surface area contributed by atoms with Gasteiger partial charge in [0.25, 0.3) is 10.0 Å². The summed E-state index contributed by atoms with van der Waals surface area (Å²) in [7, 11) is -3.35. The van der Waals surface area contributed by atoms with Crippen LogP contribution in [0.25, 0.3) is 0 Å². The molecule has 1 unspecified atom stereocenters. The molecule has 4 rings (SSSR count). The molecule has 2 aromatic rings. The lowest BCUT2D eigenvalue weighted by Crippen LogP contribution is -2.46. The Labute approximate surface area is 146 Å². The highest BCUT2D eigenvalue weighted by molar-refractivity contribution is 7.91. The smallest absolute Gasteiger partial charge is 0.252 e. The van der Waals surface area contributed by atoms with E-state index in [2.05, 4.69) is 14.9 Å². The van der Waals surface area contributed by atoms with Crippen LogP contribution in [0.3, 0.4) is 0 Å². The van der Waals surface area contributed by atoms with E-state index in [0.717, 1.165) is 38.3 Å². The first-order chi connectivity index (χ1) is 11.6. The van der Waals surface area contributed by atoms with Crippen LogP contribution in [0.4, 0.5) is 5.95 Å². The number of thiophene rings is 1. The van der Waals surface area contributed by atoms with E-state index in [0.29, 0.717) is 17.3 Å². The molecule has 2 aromatic heterocycles. The third-order valence-corrected chi connectivity index (χ3v) is 8.21. The fraction of sp³-hybridized carbons (Fsp3) is 0.500. The summed E-state index contributed by atoms with van der Waals surface area (Å²) in [4.78, 5) is 10.9. The third kappa shape index (κ3) is 2.82. The summed E-state index contributed by atoms with van der Waals surface area (Å²) in [6.45, 7) is 2.96. The molecular formula is C16H20N4O2S2. The maximum atomic E-state index is 12.8. The van der Waals surface area contributed by atoms with Gasteiger partial charge in [-0.25, -0.2) is 18.4 Å². The minimum atomic E-state index is -3.35. The van der Waals surface area contributed by atoms with Gasteiger partial charge in [-0.15, -0.1) is 11.3 Å². The van der Waals surface area contributed by atoms with Gasteiger partial charge >= 0.3 is 0 Å². The number of rotatable bonds is 3. The highest BCUT2D eigenvalue weighted by Gasteiger charge is 2.45. The van der Waals surface area contributed by atoms with Gasteiger partial charge in [0.05, 0.1) is 0 Å². The van der Waals surface area contributed by atoms with E-state index < -0.39 is 10.0 Å². The molecule has 0 N–H and O–H groups in total. The van der Waals surface area contributed by atoms with Crippen LogP contribution in [0.15, 0.2) is 40.2 Å². The van der Waals surface area contributed by atoms with Crippen LogP contribution in [0.5, 0.6) is 0 Å². The minimum Gasteiger partial charge on any atom is -0.340 e. The van der Waals surface area contributed by atoms with E-state index in [1.54, 1.807) is 28.8 Å². The number of nitrogens with zero attached hydrogens (tertiary/aromatic N) is 4. The summed E-state index contributed by atoms with van der Waals surface area (Å²) < 4.78 is 27.6. The van der Waals surface area contributed by atoms with Crippen molar-refractivity contribution in [3.63, 3.8) is 0 Å². The standard InChI is InChI=1S/C16H20N4O2S2/c21-24(22,14-4-1-11-23-14)20-10-6-16(13-20)5-2-9-19(12-16)15-17-7-3-8-18-15/h1,3-4,7-8,11H,2,5-6,9-10,12-13H2. The van der Waals surface area contributed by atoms with Crippen molar-refractivity contribution in [1.82, 2.24) is 14.3 Å². The van der Waals surface area contributed by atoms with Gasteiger partial charge in [0, 0.05) is 44.0 Å². The van der Waals surface area contributed by atoms with E-state index >= 15 is 0 Å². The maximum Gasteiger partial charge on any atom is 0.252 e. The number of aromatic nitrogens is 2. The number of piperidine rings is 1. The van der Waals surface area contributed by atoms with Crippen molar-refractivity contribution in [1.29, 1.82) is 0 Å². The van der Waals surface area contributed by atoms with E-state index in [1.165, 1.54) is 11.3 Å². The number of hydrogen-bond donors (Lipinski definition) is 0. The Morgan fingerprint density at radius 1 is 1.08 bits per heavy atom. The second kappa shape index (κ2) is 6.09. The SMILES string of the molecule is O=S(=O)(c1cccs1)N1CCC2(CCCN(c3ncccn3)C2)C1. The van der Waals surface area contributed by atoms with Crippen molar-refractivity contribution in [2.45, 2.75) is 23.5 Å². The molecule has 2 fully saturated rings. The molecular weight excluding hydrogens is 344 g/mol. The molecule has 1 spiro atoms. The lowest BCUT2D eigenvalue weighted by Gasteiger charge is -2.40. The minimum absolute atomic E-state index is 0.0157. The van der Waals surface area contributed by atoms with Gasteiger partial charge in [0.15, 0.2) is 0 Å². The van der Waals surface area contributed by atoms with Crippen LogP contribution in [0.1, 0.15) is 19.3 Å². The van der Waals surface area contributed by atoms with E-state index in [-0.39, 0.29) is 5.41 Å². The van der Waals surface area contributed by atoms with E-state index in [4.69, 9.17) is 0 Å². The molecule has 2 saturated heterocycles. The van der Waals surface area contributed by atoms with Gasteiger partial charge in [0.2, 0.25) is 5.95 Å². The Kier molecular flexibility index (Phi) is 4.06. The summed E-state index contributed by atoms with van der Waals surface area (Å²) in [6.07, 6.45) is 6.52. The fourth-order valence-corrected chi connectivity index (χ4v) is 6.50. The molecule has 8 heteroatoms. The molecule has 0 bridgehead atoms. The van der Waals surface area contributed by atoms with Crippen LogP contribution in [-0.2, 0) is 10.0 Å². The van der Waals surface area contributed by atoms with Crippen LogP contribution in [-0.4, -0.2) is 48.9 Å². The van der Waals surface area contributed by atoms with Crippen LogP contribution in [0.2, 0.25) is 0 Å². The first kappa shape index (κ1) is 16.0.